The van der Waals surface area contributed by atoms with Crippen LogP contribution in [0.25, 0.3) is 22.2 Å². The Hall–Kier alpha value is -2.29. The zero-order valence-electron chi connectivity index (χ0n) is 17.2. The van der Waals surface area contributed by atoms with E-state index in [4.69, 9.17) is 10.1 Å². The molecule has 1 radical (unpaired) electrons. The van der Waals surface area contributed by atoms with E-state index in [1.165, 1.54) is 47.6 Å². The number of pyridine rings is 1. The van der Waals surface area contributed by atoms with Crippen LogP contribution in [0.2, 0.25) is 0 Å². The fourth-order valence-corrected chi connectivity index (χ4v) is 2.97. The number of carbonyl (C=O) groups is 1. The molecule has 1 heterocycles. The largest absolute Gasteiger partial charge is 0.512 e. The number of benzene rings is 2. The van der Waals surface area contributed by atoms with Crippen LogP contribution in [-0.4, -0.2) is 15.9 Å². The third-order valence-corrected chi connectivity index (χ3v) is 4.12. The van der Waals surface area contributed by atoms with Crippen LogP contribution in [-0.2, 0) is 24.9 Å². The number of allylic oxidation sites excluding steroid dienone is 2. The summed E-state index contributed by atoms with van der Waals surface area (Å²) < 4.78 is 0. The van der Waals surface area contributed by atoms with Gasteiger partial charge in [0.1, 0.15) is 0 Å². The van der Waals surface area contributed by atoms with Crippen LogP contribution in [0.1, 0.15) is 36.1 Å². The van der Waals surface area contributed by atoms with Crippen molar-refractivity contribution in [3.05, 3.63) is 76.6 Å². The molecule has 0 fully saturated rings. The molecule has 1 aromatic heterocycles. The number of carbonyl (C=O) groups excluding carboxylic acids is 1. The number of aryl methyl sites for hydroxylation is 4. The number of hydrogen-bond acceptors (Lipinski definition) is 3. The Kier molecular flexibility index (Phi) is 8.74. The molecule has 3 nitrogen and oxygen atoms in total. The molecule has 0 aliphatic heterocycles. The molecular formula is C24H26IrNO2-. The summed E-state index contributed by atoms with van der Waals surface area (Å²) in [6.07, 6.45) is 1.17. The summed E-state index contributed by atoms with van der Waals surface area (Å²) in [5, 5.41) is 9.59. The van der Waals surface area contributed by atoms with Crippen molar-refractivity contribution in [2.75, 3.05) is 0 Å². The minimum atomic E-state index is -0.125. The van der Waals surface area contributed by atoms with Crippen molar-refractivity contribution < 1.29 is 30.0 Å². The van der Waals surface area contributed by atoms with Gasteiger partial charge in [-0.3, -0.25) is 9.78 Å². The van der Waals surface area contributed by atoms with E-state index in [-0.39, 0.29) is 31.6 Å². The first kappa shape index (κ1) is 23.7. The van der Waals surface area contributed by atoms with Gasteiger partial charge in [-0.2, -0.15) is 0 Å². The fourth-order valence-electron chi connectivity index (χ4n) is 2.97. The predicted octanol–water partition coefficient (Wildman–Crippen LogP) is 5.97. The van der Waals surface area contributed by atoms with Crippen LogP contribution in [0, 0.1) is 33.8 Å². The molecule has 4 heteroatoms. The van der Waals surface area contributed by atoms with E-state index in [2.05, 4.69) is 64.1 Å². The minimum Gasteiger partial charge on any atom is -0.512 e. The Balaban J connectivity index is 0.000000425. The molecule has 0 spiro atoms. The first-order valence-electron chi connectivity index (χ1n) is 8.92. The molecule has 0 aliphatic rings. The zero-order valence-corrected chi connectivity index (χ0v) is 19.6. The first-order valence-corrected chi connectivity index (χ1v) is 8.92. The maximum Gasteiger partial charge on any atom is 0.155 e. The van der Waals surface area contributed by atoms with E-state index in [0.717, 1.165) is 16.8 Å². The van der Waals surface area contributed by atoms with E-state index in [1.807, 2.05) is 6.07 Å². The van der Waals surface area contributed by atoms with Crippen molar-refractivity contribution in [3.63, 3.8) is 0 Å². The van der Waals surface area contributed by atoms with Crippen molar-refractivity contribution in [1.29, 1.82) is 0 Å². The summed E-state index contributed by atoms with van der Waals surface area (Å²) in [6.45, 7) is 11.3. The van der Waals surface area contributed by atoms with Crippen molar-refractivity contribution in [3.8, 4) is 11.3 Å². The fraction of sp³-hybridized carbons (Fsp3) is 0.250. The second kappa shape index (κ2) is 10.3. The number of aliphatic hydroxyl groups is 1. The molecular weight excluding hydrogens is 526 g/mol. The average Bonchev–Trinajstić information content (AvgIpc) is 2.53. The molecule has 149 valence electrons. The third kappa shape index (κ3) is 6.40. The standard InChI is InChI=1S/C19H18N.C5H8O2.Ir/c1-12-5-7-16(14(3)9-12)19-11-15(4)17-8-6-13(2)10-18(17)20-19;1-4(6)3-5(2)7;/h5-6,8-11H,1-4H3;3,6H,1-2H3;/q-1;;/b;4-3-;. The van der Waals surface area contributed by atoms with E-state index >= 15 is 0 Å². The quantitative estimate of drug-likeness (QED) is 0.242. The van der Waals surface area contributed by atoms with Crippen LogP contribution in [0.4, 0.5) is 0 Å². The predicted molar refractivity (Wildman–Crippen MR) is 112 cm³/mol. The van der Waals surface area contributed by atoms with Gasteiger partial charge in [0.25, 0.3) is 0 Å². The molecule has 2 aromatic carbocycles. The van der Waals surface area contributed by atoms with Crippen LogP contribution in [0.15, 0.2) is 48.2 Å². The average molecular weight is 553 g/mol. The number of aliphatic hydroxyl groups excluding tert-OH is 1. The minimum absolute atomic E-state index is 0. The Morgan fingerprint density at radius 2 is 1.68 bits per heavy atom. The van der Waals surface area contributed by atoms with Gasteiger partial charge >= 0.3 is 0 Å². The number of nitrogens with zero attached hydrogens (tertiary/aromatic N) is 1. The maximum atomic E-state index is 10.0. The van der Waals surface area contributed by atoms with Gasteiger partial charge in [0.15, 0.2) is 5.78 Å². The van der Waals surface area contributed by atoms with E-state index in [0.29, 0.717) is 0 Å². The second-order valence-corrected chi connectivity index (χ2v) is 6.98. The maximum absolute atomic E-state index is 10.0. The zero-order chi connectivity index (χ0) is 20.1. The molecule has 0 amide bonds. The molecule has 28 heavy (non-hydrogen) atoms. The number of ketones is 1. The van der Waals surface area contributed by atoms with Crippen LogP contribution < -0.4 is 0 Å². The topological polar surface area (TPSA) is 50.2 Å². The molecule has 1 N–H and O–H groups in total. The van der Waals surface area contributed by atoms with Crippen LogP contribution in [0.3, 0.4) is 0 Å². The molecule has 0 atom stereocenters. The summed E-state index contributed by atoms with van der Waals surface area (Å²) >= 11 is 0. The second-order valence-electron chi connectivity index (χ2n) is 6.98. The van der Waals surface area contributed by atoms with Crippen LogP contribution in [0.5, 0.6) is 0 Å². The van der Waals surface area contributed by atoms with Crippen molar-refractivity contribution in [2.45, 2.75) is 41.5 Å². The normalized spacial score (nSPS) is 10.7. The molecule has 0 bridgehead atoms. The molecule has 3 aromatic rings. The summed E-state index contributed by atoms with van der Waals surface area (Å²) in [5.74, 6) is -0.0625. The van der Waals surface area contributed by atoms with Crippen LogP contribution >= 0.6 is 0 Å². The first-order chi connectivity index (χ1) is 12.7. The van der Waals surface area contributed by atoms with Gasteiger partial charge in [0.2, 0.25) is 0 Å². The van der Waals surface area contributed by atoms with Gasteiger partial charge in [0.05, 0.1) is 11.3 Å². The summed E-state index contributed by atoms with van der Waals surface area (Å²) in [6, 6.07) is 16.2. The molecule has 0 aliphatic carbocycles. The third-order valence-electron chi connectivity index (χ3n) is 4.12. The Morgan fingerprint density at radius 3 is 2.21 bits per heavy atom. The van der Waals surface area contributed by atoms with Gasteiger partial charge in [-0.05, 0) is 50.6 Å². The smallest absolute Gasteiger partial charge is 0.155 e. The Labute approximate surface area is 180 Å². The summed E-state index contributed by atoms with van der Waals surface area (Å²) in [7, 11) is 0. The monoisotopic (exact) mass is 553 g/mol. The van der Waals surface area contributed by atoms with Gasteiger partial charge < -0.3 is 5.11 Å². The van der Waals surface area contributed by atoms with E-state index < -0.39 is 0 Å². The Morgan fingerprint density at radius 1 is 1.00 bits per heavy atom. The van der Waals surface area contributed by atoms with Crippen molar-refractivity contribution in [2.24, 2.45) is 0 Å². The summed E-state index contributed by atoms with van der Waals surface area (Å²) in [5.41, 5.74) is 8.14. The molecule has 0 saturated heterocycles. The number of aromatic nitrogens is 1. The molecule has 3 rings (SSSR count). The van der Waals surface area contributed by atoms with Gasteiger partial charge in [-0.15, -0.1) is 34.9 Å². The van der Waals surface area contributed by atoms with Gasteiger partial charge in [-0.25, -0.2) is 0 Å². The number of fused-ring (bicyclic) bond motifs is 1. The SMILES string of the molecule is CC(=O)/C=C(/C)O.Cc1c[c-]c(-c2cc(C)c3ccc(C)cc3n2)c(C)c1.[Ir]. The van der Waals surface area contributed by atoms with Crippen molar-refractivity contribution in [1.82, 2.24) is 4.98 Å². The summed E-state index contributed by atoms with van der Waals surface area (Å²) in [4.78, 5) is 14.8. The van der Waals surface area contributed by atoms with Gasteiger partial charge in [0, 0.05) is 31.6 Å². The molecule has 0 unspecified atom stereocenters. The number of rotatable bonds is 2. The Bertz CT molecular complexity index is 1020. The van der Waals surface area contributed by atoms with Crippen molar-refractivity contribution >= 4 is 16.7 Å². The van der Waals surface area contributed by atoms with E-state index in [1.54, 1.807) is 0 Å². The number of hydrogen-bond donors (Lipinski definition) is 1. The molecule has 0 saturated carbocycles. The van der Waals surface area contributed by atoms with Gasteiger partial charge in [-0.1, -0.05) is 32.0 Å². The van der Waals surface area contributed by atoms with E-state index in [9.17, 15) is 4.79 Å².